The summed E-state index contributed by atoms with van der Waals surface area (Å²) in [5.74, 6) is 2.06. The summed E-state index contributed by atoms with van der Waals surface area (Å²) in [7, 11) is 1.69. The molecule has 3 rings (SSSR count). The third-order valence-corrected chi connectivity index (χ3v) is 4.96. The van der Waals surface area contributed by atoms with Gasteiger partial charge in [-0.2, -0.15) is 0 Å². The Morgan fingerprint density at radius 1 is 1.28 bits per heavy atom. The van der Waals surface area contributed by atoms with E-state index in [0.29, 0.717) is 6.54 Å². The standard InChI is InChI=1S/C20H27N3O2/c1-13(2)19-21-8-9-23(19)14(3)20(24)22-12-17-10-15-6-5-7-16(15)11-18(17)25-4/h8-11,13-14H,5-7,12H2,1-4H3,(H,22,24)/t14-/m0/s1. The van der Waals surface area contributed by atoms with Crippen LogP contribution in [0.25, 0.3) is 0 Å². The highest BCUT2D eigenvalue weighted by Gasteiger charge is 2.20. The Morgan fingerprint density at radius 2 is 2.00 bits per heavy atom. The second kappa shape index (κ2) is 7.30. The van der Waals surface area contributed by atoms with Crippen LogP contribution in [0.15, 0.2) is 24.5 Å². The molecule has 0 bridgehead atoms. The van der Waals surface area contributed by atoms with Gasteiger partial charge in [0, 0.05) is 30.4 Å². The number of benzene rings is 1. The van der Waals surface area contributed by atoms with Crippen molar-refractivity contribution in [3.8, 4) is 5.75 Å². The lowest BCUT2D eigenvalue weighted by Crippen LogP contribution is -2.31. The number of aryl methyl sites for hydroxylation is 2. The van der Waals surface area contributed by atoms with E-state index in [1.165, 1.54) is 17.5 Å². The number of nitrogens with zero attached hydrogens (tertiary/aromatic N) is 2. The number of carbonyl (C=O) groups is 1. The Morgan fingerprint density at radius 3 is 2.68 bits per heavy atom. The number of aromatic nitrogens is 2. The number of hydrogen-bond donors (Lipinski definition) is 1. The average molecular weight is 341 g/mol. The molecule has 0 fully saturated rings. The molecule has 1 heterocycles. The zero-order valence-electron chi connectivity index (χ0n) is 15.5. The maximum absolute atomic E-state index is 12.6. The number of imidazole rings is 1. The number of fused-ring (bicyclic) bond motifs is 1. The molecule has 0 unspecified atom stereocenters. The second-order valence-electron chi connectivity index (χ2n) is 7.03. The van der Waals surface area contributed by atoms with Crippen molar-refractivity contribution in [1.29, 1.82) is 0 Å². The smallest absolute Gasteiger partial charge is 0.243 e. The molecular formula is C20H27N3O2. The van der Waals surface area contributed by atoms with E-state index in [4.69, 9.17) is 4.74 Å². The van der Waals surface area contributed by atoms with E-state index in [-0.39, 0.29) is 17.9 Å². The second-order valence-corrected chi connectivity index (χ2v) is 7.03. The van der Waals surface area contributed by atoms with Gasteiger partial charge in [0.1, 0.15) is 17.6 Å². The first-order valence-electron chi connectivity index (χ1n) is 9.00. The van der Waals surface area contributed by atoms with Gasteiger partial charge < -0.3 is 14.6 Å². The van der Waals surface area contributed by atoms with Gasteiger partial charge in [0.2, 0.25) is 5.91 Å². The van der Waals surface area contributed by atoms with Crippen LogP contribution < -0.4 is 10.1 Å². The Hall–Kier alpha value is -2.30. The van der Waals surface area contributed by atoms with Gasteiger partial charge in [-0.1, -0.05) is 19.9 Å². The van der Waals surface area contributed by atoms with Crippen molar-refractivity contribution in [3.63, 3.8) is 0 Å². The van der Waals surface area contributed by atoms with Crippen LogP contribution in [0.3, 0.4) is 0 Å². The minimum atomic E-state index is -0.291. The summed E-state index contributed by atoms with van der Waals surface area (Å²) in [5, 5.41) is 3.05. The van der Waals surface area contributed by atoms with Gasteiger partial charge in [0.25, 0.3) is 0 Å². The van der Waals surface area contributed by atoms with Crippen LogP contribution in [0.5, 0.6) is 5.75 Å². The quantitative estimate of drug-likeness (QED) is 0.876. The van der Waals surface area contributed by atoms with Gasteiger partial charge >= 0.3 is 0 Å². The van der Waals surface area contributed by atoms with Crippen LogP contribution in [0.1, 0.15) is 61.7 Å². The topological polar surface area (TPSA) is 56.1 Å². The molecule has 0 spiro atoms. The van der Waals surface area contributed by atoms with Crippen molar-refractivity contribution >= 4 is 5.91 Å². The van der Waals surface area contributed by atoms with Crippen LogP contribution in [0, 0.1) is 0 Å². The monoisotopic (exact) mass is 341 g/mol. The van der Waals surface area contributed by atoms with Crippen LogP contribution in [-0.4, -0.2) is 22.6 Å². The van der Waals surface area contributed by atoms with Gasteiger partial charge in [-0.05, 0) is 43.4 Å². The number of amides is 1. The predicted octanol–water partition coefficient (Wildman–Crippen LogP) is 3.38. The number of nitrogens with one attached hydrogen (secondary N) is 1. The zero-order chi connectivity index (χ0) is 18.0. The fourth-order valence-electron chi connectivity index (χ4n) is 3.54. The van der Waals surface area contributed by atoms with Crippen LogP contribution in [0.4, 0.5) is 0 Å². The summed E-state index contributed by atoms with van der Waals surface area (Å²) >= 11 is 0. The molecular weight excluding hydrogens is 314 g/mol. The van der Waals surface area contributed by atoms with Crippen molar-refractivity contribution in [2.45, 2.75) is 58.5 Å². The number of ether oxygens (including phenoxy) is 1. The molecule has 1 aromatic heterocycles. The molecule has 1 N–H and O–H groups in total. The van der Waals surface area contributed by atoms with Crippen LogP contribution in [-0.2, 0) is 24.2 Å². The normalized spacial score (nSPS) is 14.4. The van der Waals surface area contributed by atoms with Crippen molar-refractivity contribution in [2.24, 2.45) is 0 Å². The van der Waals surface area contributed by atoms with Crippen molar-refractivity contribution in [2.75, 3.05) is 7.11 Å². The first-order chi connectivity index (χ1) is 12.0. The van der Waals surface area contributed by atoms with Gasteiger partial charge in [0.05, 0.1) is 7.11 Å². The van der Waals surface area contributed by atoms with E-state index >= 15 is 0 Å². The van der Waals surface area contributed by atoms with Crippen molar-refractivity contribution in [1.82, 2.24) is 14.9 Å². The fraction of sp³-hybridized carbons (Fsp3) is 0.500. The number of hydrogen-bond acceptors (Lipinski definition) is 3. The minimum absolute atomic E-state index is 0.0116. The SMILES string of the molecule is COc1cc2c(cc1CNC(=O)[C@H](C)n1ccnc1C(C)C)CCC2. The van der Waals surface area contributed by atoms with Crippen LogP contribution in [0.2, 0.25) is 0 Å². The zero-order valence-corrected chi connectivity index (χ0v) is 15.5. The third kappa shape index (κ3) is 3.55. The fourth-order valence-corrected chi connectivity index (χ4v) is 3.54. The molecule has 1 aliphatic carbocycles. The maximum atomic E-state index is 12.6. The van der Waals surface area contributed by atoms with Gasteiger partial charge in [-0.25, -0.2) is 4.98 Å². The van der Waals surface area contributed by atoms with Gasteiger partial charge in [0.15, 0.2) is 0 Å². The Labute approximate surface area is 149 Å². The summed E-state index contributed by atoms with van der Waals surface area (Å²) in [5.41, 5.74) is 3.80. The van der Waals surface area contributed by atoms with E-state index in [1.807, 2.05) is 17.7 Å². The summed E-state index contributed by atoms with van der Waals surface area (Å²) in [6.45, 7) is 6.55. The summed E-state index contributed by atoms with van der Waals surface area (Å²) < 4.78 is 7.46. The third-order valence-electron chi connectivity index (χ3n) is 4.96. The molecule has 25 heavy (non-hydrogen) atoms. The van der Waals surface area contributed by atoms with Crippen LogP contribution >= 0.6 is 0 Å². The van der Waals surface area contributed by atoms with E-state index < -0.39 is 0 Å². The lowest BCUT2D eigenvalue weighted by atomic mass is 10.0. The molecule has 0 saturated heterocycles. The summed E-state index contributed by atoms with van der Waals surface area (Å²) in [4.78, 5) is 17.0. The molecule has 0 radical (unpaired) electrons. The van der Waals surface area contributed by atoms with E-state index in [1.54, 1.807) is 13.3 Å². The lowest BCUT2D eigenvalue weighted by Gasteiger charge is -2.18. The molecule has 5 heteroatoms. The first kappa shape index (κ1) is 17.5. The predicted molar refractivity (Wildman–Crippen MR) is 97.9 cm³/mol. The minimum Gasteiger partial charge on any atom is -0.496 e. The molecule has 1 aromatic carbocycles. The summed E-state index contributed by atoms with van der Waals surface area (Å²) in [6, 6.07) is 4.02. The highest BCUT2D eigenvalue weighted by Crippen LogP contribution is 2.30. The largest absolute Gasteiger partial charge is 0.496 e. The van der Waals surface area contributed by atoms with E-state index in [9.17, 15) is 4.79 Å². The Balaban J connectivity index is 1.71. The molecule has 1 atom stereocenters. The molecule has 2 aromatic rings. The number of carbonyl (C=O) groups excluding carboxylic acids is 1. The Kier molecular flexibility index (Phi) is 5.11. The number of rotatable bonds is 6. The average Bonchev–Trinajstić information content (AvgIpc) is 3.26. The highest BCUT2D eigenvalue weighted by atomic mass is 16.5. The molecule has 0 saturated carbocycles. The first-order valence-corrected chi connectivity index (χ1v) is 9.00. The lowest BCUT2D eigenvalue weighted by molar-refractivity contribution is -0.124. The van der Waals surface area contributed by atoms with Gasteiger partial charge in [-0.3, -0.25) is 4.79 Å². The maximum Gasteiger partial charge on any atom is 0.243 e. The van der Waals surface area contributed by atoms with E-state index in [0.717, 1.165) is 30.0 Å². The molecule has 5 nitrogen and oxygen atoms in total. The summed E-state index contributed by atoms with van der Waals surface area (Å²) in [6.07, 6.45) is 7.06. The molecule has 1 amide bonds. The van der Waals surface area contributed by atoms with Crippen molar-refractivity contribution < 1.29 is 9.53 Å². The van der Waals surface area contributed by atoms with Crippen molar-refractivity contribution in [3.05, 3.63) is 47.0 Å². The molecule has 0 aliphatic heterocycles. The molecule has 1 aliphatic rings. The van der Waals surface area contributed by atoms with Gasteiger partial charge in [-0.15, -0.1) is 0 Å². The molecule has 134 valence electrons. The van der Waals surface area contributed by atoms with E-state index in [2.05, 4.69) is 36.3 Å². The Bertz CT molecular complexity index is 764. The highest BCUT2D eigenvalue weighted by molar-refractivity contribution is 5.80. The number of methoxy groups -OCH3 is 1.